The van der Waals surface area contributed by atoms with E-state index in [9.17, 15) is 4.79 Å². The molecule has 1 rings (SSSR count). The maximum Gasteiger partial charge on any atom is 0.260 e. The highest BCUT2D eigenvalue weighted by Crippen LogP contribution is 2.13. The van der Waals surface area contributed by atoms with Crippen molar-refractivity contribution < 1.29 is 9.53 Å². The maximum absolute atomic E-state index is 11.9. The molecular weight excluding hydrogens is 264 g/mol. The summed E-state index contributed by atoms with van der Waals surface area (Å²) in [5.74, 6) is 0.778. The van der Waals surface area contributed by atoms with Crippen molar-refractivity contribution in [3.63, 3.8) is 0 Å². The van der Waals surface area contributed by atoms with Crippen molar-refractivity contribution in [3.05, 3.63) is 29.8 Å². The molecule has 0 aliphatic rings. The van der Waals surface area contributed by atoms with Crippen LogP contribution in [0.25, 0.3) is 0 Å². The number of ether oxygens (including phenoxy) is 1. The van der Waals surface area contributed by atoms with Gasteiger partial charge in [0.05, 0.1) is 0 Å². The van der Waals surface area contributed by atoms with Gasteiger partial charge in [0.1, 0.15) is 5.75 Å². The Labute approximate surface area is 128 Å². The van der Waals surface area contributed by atoms with E-state index in [0.717, 1.165) is 31.8 Å². The molecule has 0 spiro atoms. The fourth-order valence-electron chi connectivity index (χ4n) is 2.31. The van der Waals surface area contributed by atoms with Crippen molar-refractivity contribution in [3.8, 4) is 5.75 Å². The Morgan fingerprint density at radius 2 is 1.81 bits per heavy atom. The van der Waals surface area contributed by atoms with E-state index in [-0.39, 0.29) is 12.5 Å². The van der Waals surface area contributed by atoms with Crippen molar-refractivity contribution >= 4 is 5.91 Å². The first kappa shape index (κ1) is 17.5. The molecule has 1 amide bonds. The van der Waals surface area contributed by atoms with Crippen LogP contribution in [0.5, 0.6) is 5.75 Å². The first-order valence-electron chi connectivity index (χ1n) is 7.83. The van der Waals surface area contributed by atoms with E-state index in [1.165, 1.54) is 5.56 Å². The van der Waals surface area contributed by atoms with E-state index >= 15 is 0 Å². The van der Waals surface area contributed by atoms with Gasteiger partial charge in [-0.15, -0.1) is 0 Å². The Morgan fingerprint density at radius 1 is 1.19 bits per heavy atom. The summed E-state index contributed by atoms with van der Waals surface area (Å²) >= 11 is 0. The van der Waals surface area contributed by atoms with Crippen LogP contribution in [0, 0.1) is 0 Å². The van der Waals surface area contributed by atoms with E-state index < -0.39 is 0 Å². The molecule has 0 aliphatic heterocycles. The summed E-state index contributed by atoms with van der Waals surface area (Å²) < 4.78 is 5.55. The van der Waals surface area contributed by atoms with E-state index in [1.54, 1.807) is 4.90 Å². The lowest BCUT2D eigenvalue weighted by Gasteiger charge is -2.18. The quantitative estimate of drug-likeness (QED) is 0.760. The lowest BCUT2D eigenvalue weighted by Crippen LogP contribution is -2.34. The van der Waals surface area contributed by atoms with Gasteiger partial charge in [0.2, 0.25) is 0 Å². The predicted octanol–water partition coefficient (Wildman–Crippen LogP) is 2.47. The number of amides is 1. The summed E-state index contributed by atoms with van der Waals surface area (Å²) in [4.78, 5) is 13.6. The zero-order valence-electron chi connectivity index (χ0n) is 13.7. The van der Waals surface area contributed by atoms with Crippen molar-refractivity contribution in [2.24, 2.45) is 0 Å². The fraction of sp³-hybridized carbons (Fsp3) is 0.588. The minimum atomic E-state index is 0.0323. The molecule has 4 heteroatoms. The van der Waals surface area contributed by atoms with Crippen molar-refractivity contribution in [1.29, 1.82) is 0 Å². The predicted molar refractivity (Wildman–Crippen MR) is 86.7 cm³/mol. The normalized spacial score (nSPS) is 12.0. The molecule has 0 saturated heterocycles. The van der Waals surface area contributed by atoms with Crippen LogP contribution in [0.3, 0.4) is 0 Å². The van der Waals surface area contributed by atoms with Crippen LogP contribution in [-0.2, 0) is 11.2 Å². The summed E-state index contributed by atoms with van der Waals surface area (Å²) in [7, 11) is 0. The summed E-state index contributed by atoms with van der Waals surface area (Å²) in [6, 6.07) is 8.45. The van der Waals surface area contributed by atoms with E-state index in [4.69, 9.17) is 4.74 Å². The second-order valence-electron chi connectivity index (χ2n) is 5.16. The topological polar surface area (TPSA) is 41.6 Å². The number of benzene rings is 1. The maximum atomic E-state index is 11.9. The molecule has 0 bridgehead atoms. The van der Waals surface area contributed by atoms with Crippen LogP contribution < -0.4 is 10.1 Å². The highest BCUT2D eigenvalue weighted by atomic mass is 16.5. The minimum absolute atomic E-state index is 0.0323. The molecule has 0 heterocycles. The van der Waals surface area contributed by atoms with Gasteiger partial charge in [-0.3, -0.25) is 4.79 Å². The van der Waals surface area contributed by atoms with E-state index in [1.807, 2.05) is 26.0 Å². The molecule has 1 unspecified atom stereocenters. The molecule has 118 valence electrons. The Morgan fingerprint density at radius 3 is 2.33 bits per heavy atom. The number of hydrogen-bond acceptors (Lipinski definition) is 3. The van der Waals surface area contributed by atoms with Crippen LogP contribution in [0.2, 0.25) is 0 Å². The third kappa shape index (κ3) is 6.17. The second kappa shape index (κ2) is 9.40. The largest absolute Gasteiger partial charge is 0.484 e. The fourth-order valence-corrected chi connectivity index (χ4v) is 2.31. The van der Waals surface area contributed by atoms with Crippen LogP contribution >= 0.6 is 0 Å². The number of hydrogen-bond donors (Lipinski definition) is 1. The van der Waals surface area contributed by atoms with Gasteiger partial charge in [0, 0.05) is 19.1 Å². The number of carbonyl (C=O) groups is 1. The number of nitrogens with zero attached hydrogens (tertiary/aromatic N) is 1. The smallest absolute Gasteiger partial charge is 0.260 e. The molecule has 1 aromatic carbocycles. The number of nitrogens with one attached hydrogen (secondary N) is 1. The van der Waals surface area contributed by atoms with Crippen LogP contribution in [-0.4, -0.2) is 43.1 Å². The van der Waals surface area contributed by atoms with Gasteiger partial charge in [0.25, 0.3) is 5.91 Å². The SMILES string of the molecule is CCNC(C)Cc1ccc(OCC(=O)N(CC)CC)cc1. The molecular formula is C17H28N2O2. The van der Waals surface area contributed by atoms with Gasteiger partial charge in [-0.1, -0.05) is 19.1 Å². The number of carbonyl (C=O) groups excluding carboxylic acids is 1. The first-order valence-corrected chi connectivity index (χ1v) is 7.83. The summed E-state index contributed by atoms with van der Waals surface area (Å²) in [6.45, 7) is 10.8. The highest BCUT2D eigenvalue weighted by molar-refractivity contribution is 5.77. The van der Waals surface area contributed by atoms with Gasteiger partial charge >= 0.3 is 0 Å². The van der Waals surface area contributed by atoms with Gasteiger partial charge in [-0.2, -0.15) is 0 Å². The zero-order chi connectivity index (χ0) is 15.7. The van der Waals surface area contributed by atoms with Crippen molar-refractivity contribution in [2.75, 3.05) is 26.2 Å². The summed E-state index contributed by atoms with van der Waals surface area (Å²) in [6.07, 6.45) is 0.993. The van der Waals surface area contributed by atoms with Crippen molar-refractivity contribution in [2.45, 2.75) is 40.2 Å². The van der Waals surface area contributed by atoms with E-state index in [2.05, 4.69) is 31.3 Å². The Balaban J connectivity index is 2.46. The third-order valence-corrected chi connectivity index (χ3v) is 3.50. The average molecular weight is 292 g/mol. The standard InChI is InChI=1S/C17H28N2O2/c1-5-18-14(4)12-15-8-10-16(11-9-15)21-13-17(20)19(6-2)7-3/h8-11,14,18H,5-7,12-13H2,1-4H3. The molecule has 1 N–H and O–H groups in total. The summed E-state index contributed by atoms with van der Waals surface area (Å²) in [5, 5.41) is 3.39. The molecule has 21 heavy (non-hydrogen) atoms. The van der Waals surface area contributed by atoms with Crippen LogP contribution in [0.4, 0.5) is 0 Å². The molecule has 0 aromatic heterocycles. The average Bonchev–Trinajstić information content (AvgIpc) is 2.48. The highest BCUT2D eigenvalue weighted by Gasteiger charge is 2.10. The van der Waals surface area contributed by atoms with Crippen LogP contribution in [0.15, 0.2) is 24.3 Å². The monoisotopic (exact) mass is 292 g/mol. The molecule has 1 aromatic rings. The zero-order valence-corrected chi connectivity index (χ0v) is 13.7. The molecule has 0 aliphatic carbocycles. The van der Waals surface area contributed by atoms with Crippen molar-refractivity contribution in [1.82, 2.24) is 10.2 Å². The molecule has 0 fully saturated rings. The lowest BCUT2D eigenvalue weighted by molar-refractivity contribution is -0.132. The molecule has 0 radical (unpaired) electrons. The first-order chi connectivity index (χ1) is 10.1. The van der Waals surface area contributed by atoms with Gasteiger partial charge < -0.3 is 15.0 Å². The number of rotatable bonds is 9. The van der Waals surface area contributed by atoms with Gasteiger partial charge in [-0.05, 0) is 51.4 Å². The minimum Gasteiger partial charge on any atom is -0.484 e. The second-order valence-corrected chi connectivity index (χ2v) is 5.16. The Kier molecular flexibility index (Phi) is 7.83. The van der Waals surface area contributed by atoms with Gasteiger partial charge in [-0.25, -0.2) is 0 Å². The molecule has 1 atom stereocenters. The number of likely N-dealkylation sites (N-methyl/N-ethyl adjacent to an activating group) is 2. The Hall–Kier alpha value is -1.55. The molecule has 4 nitrogen and oxygen atoms in total. The van der Waals surface area contributed by atoms with E-state index in [0.29, 0.717) is 6.04 Å². The Bertz CT molecular complexity index is 413. The lowest BCUT2D eigenvalue weighted by atomic mass is 10.1. The molecule has 0 saturated carbocycles. The van der Waals surface area contributed by atoms with Crippen LogP contribution in [0.1, 0.15) is 33.3 Å². The van der Waals surface area contributed by atoms with Gasteiger partial charge in [0.15, 0.2) is 6.61 Å². The third-order valence-electron chi connectivity index (χ3n) is 3.50. The summed E-state index contributed by atoms with van der Waals surface area (Å²) in [5.41, 5.74) is 1.27.